The Morgan fingerprint density at radius 1 is 1.52 bits per heavy atom. The lowest BCUT2D eigenvalue weighted by Gasteiger charge is -2.42. The Morgan fingerprint density at radius 3 is 3.00 bits per heavy atom. The van der Waals surface area contributed by atoms with Crippen LogP contribution in [0.25, 0.3) is 0 Å². The van der Waals surface area contributed by atoms with E-state index in [1.54, 1.807) is 19.3 Å². The van der Waals surface area contributed by atoms with E-state index >= 15 is 0 Å². The van der Waals surface area contributed by atoms with Gasteiger partial charge in [-0.05, 0) is 0 Å². The van der Waals surface area contributed by atoms with E-state index < -0.39 is 0 Å². The zero-order chi connectivity index (χ0) is 14.8. The van der Waals surface area contributed by atoms with Crippen LogP contribution >= 0.6 is 0 Å². The summed E-state index contributed by atoms with van der Waals surface area (Å²) in [4.78, 5) is 15.5. The highest BCUT2D eigenvalue weighted by atomic mass is 16.5. The number of hydrogen-bond donors (Lipinski definition) is 0. The Morgan fingerprint density at radius 2 is 2.33 bits per heavy atom. The molecule has 0 spiro atoms. The summed E-state index contributed by atoms with van der Waals surface area (Å²) in [5.74, 6) is 0.116. The van der Waals surface area contributed by atoms with E-state index in [2.05, 4.69) is 16.1 Å². The predicted molar refractivity (Wildman–Crippen MR) is 74.4 cm³/mol. The largest absolute Gasteiger partial charge is 0.373 e. The lowest BCUT2D eigenvalue weighted by molar-refractivity contribution is -0.137. The molecule has 7 heteroatoms. The van der Waals surface area contributed by atoms with Crippen LogP contribution in [0.4, 0.5) is 0 Å². The second-order valence-corrected chi connectivity index (χ2v) is 5.65. The molecule has 2 fully saturated rings. The van der Waals surface area contributed by atoms with Gasteiger partial charge in [0.1, 0.15) is 6.07 Å². The standard InChI is InChI=1S/C14H19N5O2/c1-11(20)18-2-3-21-14(10-18)9-17-7-13(8-17)19-6-12(4-15)5-16-19/h5-6,13-14H,2-3,7-10H2,1H3. The average molecular weight is 289 g/mol. The van der Waals surface area contributed by atoms with Gasteiger partial charge in [-0.1, -0.05) is 0 Å². The summed E-state index contributed by atoms with van der Waals surface area (Å²) in [6, 6.07) is 2.42. The molecule has 1 atom stereocenters. The van der Waals surface area contributed by atoms with Crippen LogP contribution in [0.2, 0.25) is 0 Å². The van der Waals surface area contributed by atoms with Crippen molar-refractivity contribution < 1.29 is 9.53 Å². The van der Waals surface area contributed by atoms with Crippen molar-refractivity contribution in [3.8, 4) is 6.07 Å². The van der Waals surface area contributed by atoms with Crippen LogP contribution in [0.15, 0.2) is 12.4 Å². The Hall–Kier alpha value is -1.91. The molecule has 21 heavy (non-hydrogen) atoms. The van der Waals surface area contributed by atoms with Crippen molar-refractivity contribution in [2.24, 2.45) is 0 Å². The first-order valence-electron chi connectivity index (χ1n) is 7.19. The molecule has 0 saturated carbocycles. The molecule has 3 rings (SSSR count). The molecule has 2 aliphatic heterocycles. The molecule has 0 radical (unpaired) electrons. The Balaban J connectivity index is 1.46. The molecule has 1 aromatic rings. The van der Waals surface area contributed by atoms with E-state index in [-0.39, 0.29) is 12.0 Å². The van der Waals surface area contributed by atoms with Crippen LogP contribution in [0, 0.1) is 11.3 Å². The van der Waals surface area contributed by atoms with E-state index in [0.717, 1.165) is 19.6 Å². The fourth-order valence-corrected chi connectivity index (χ4v) is 2.86. The lowest BCUT2D eigenvalue weighted by Crippen LogP contribution is -2.55. The molecule has 0 aliphatic carbocycles. The summed E-state index contributed by atoms with van der Waals surface area (Å²) in [5, 5.41) is 13.0. The number of likely N-dealkylation sites (tertiary alicyclic amines) is 1. The van der Waals surface area contributed by atoms with Gasteiger partial charge in [0.25, 0.3) is 0 Å². The van der Waals surface area contributed by atoms with Gasteiger partial charge in [0.05, 0.1) is 30.5 Å². The van der Waals surface area contributed by atoms with Gasteiger partial charge in [0, 0.05) is 45.8 Å². The van der Waals surface area contributed by atoms with Crippen LogP contribution < -0.4 is 0 Å². The molecule has 112 valence electrons. The van der Waals surface area contributed by atoms with Crippen LogP contribution in [-0.2, 0) is 9.53 Å². The normalized spacial score (nSPS) is 23.6. The summed E-state index contributed by atoms with van der Waals surface area (Å²) in [6.07, 6.45) is 3.48. The van der Waals surface area contributed by atoms with Gasteiger partial charge in [-0.2, -0.15) is 10.4 Å². The zero-order valence-electron chi connectivity index (χ0n) is 12.1. The van der Waals surface area contributed by atoms with E-state index in [4.69, 9.17) is 10.00 Å². The number of ether oxygens (including phenoxy) is 1. The Kier molecular flexibility index (Phi) is 3.90. The molecule has 0 bridgehead atoms. The first-order valence-corrected chi connectivity index (χ1v) is 7.19. The maximum absolute atomic E-state index is 11.4. The smallest absolute Gasteiger partial charge is 0.219 e. The van der Waals surface area contributed by atoms with Crippen molar-refractivity contribution in [3.63, 3.8) is 0 Å². The Labute approximate surface area is 123 Å². The lowest BCUT2D eigenvalue weighted by atomic mass is 10.1. The maximum Gasteiger partial charge on any atom is 0.219 e. The molecule has 7 nitrogen and oxygen atoms in total. The third-order valence-corrected chi connectivity index (χ3v) is 4.09. The van der Waals surface area contributed by atoms with Gasteiger partial charge in [0.2, 0.25) is 5.91 Å². The zero-order valence-corrected chi connectivity index (χ0v) is 12.1. The van der Waals surface area contributed by atoms with Gasteiger partial charge in [-0.15, -0.1) is 0 Å². The number of carbonyl (C=O) groups excluding carboxylic acids is 1. The Bertz CT molecular complexity index is 558. The summed E-state index contributed by atoms with van der Waals surface area (Å²) in [7, 11) is 0. The number of morpholine rings is 1. The third kappa shape index (κ3) is 3.06. The molecule has 1 aromatic heterocycles. The minimum atomic E-state index is 0.0934. The minimum absolute atomic E-state index is 0.0934. The van der Waals surface area contributed by atoms with Crippen molar-refractivity contribution in [2.45, 2.75) is 19.1 Å². The summed E-state index contributed by atoms with van der Waals surface area (Å²) in [6.45, 7) is 6.25. The quantitative estimate of drug-likeness (QED) is 0.774. The molecule has 2 aliphatic rings. The van der Waals surface area contributed by atoms with Crippen molar-refractivity contribution >= 4 is 5.91 Å². The first kappa shape index (κ1) is 14.0. The number of amides is 1. The fraction of sp³-hybridized carbons (Fsp3) is 0.643. The second kappa shape index (κ2) is 5.84. The molecule has 0 N–H and O–H groups in total. The van der Waals surface area contributed by atoms with E-state index in [0.29, 0.717) is 31.3 Å². The number of rotatable bonds is 3. The minimum Gasteiger partial charge on any atom is -0.373 e. The van der Waals surface area contributed by atoms with Crippen molar-refractivity contribution in [1.29, 1.82) is 5.26 Å². The summed E-state index contributed by atoms with van der Waals surface area (Å²) in [5.41, 5.74) is 0.598. The van der Waals surface area contributed by atoms with Gasteiger partial charge in [-0.25, -0.2) is 0 Å². The highest BCUT2D eigenvalue weighted by Crippen LogP contribution is 2.22. The number of nitriles is 1. The van der Waals surface area contributed by atoms with E-state index in [1.807, 2.05) is 9.58 Å². The second-order valence-electron chi connectivity index (χ2n) is 5.65. The highest BCUT2D eigenvalue weighted by molar-refractivity contribution is 5.73. The first-order chi connectivity index (χ1) is 10.2. The topological polar surface area (TPSA) is 74.4 Å². The van der Waals surface area contributed by atoms with Crippen LogP contribution in [0.5, 0.6) is 0 Å². The van der Waals surface area contributed by atoms with Gasteiger partial charge >= 0.3 is 0 Å². The number of aromatic nitrogens is 2. The van der Waals surface area contributed by atoms with E-state index in [1.165, 1.54) is 0 Å². The molecule has 0 aromatic carbocycles. The SMILES string of the molecule is CC(=O)N1CCOC(CN2CC(n3cc(C#N)cn3)C2)C1. The van der Waals surface area contributed by atoms with Crippen molar-refractivity contribution in [2.75, 3.05) is 39.3 Å². The molecular formula is C14H19N5O2. The van der Waals surface area contributed by atoms with Crippen LogP contribution in [0.3, 0.4) is 0 Å². The molecule has 2 saturated heterocycles. The maximum atomic E-state index is 11.4. The van der Waals surface area contributed by atoms with Gasteiger partial charge in [0.15, 0.2) is 0 Å². The third-order valence-electron chi connectivity index (χ3n) is 4.09. The number of nitrogens with zero attached hydrogens (tertiary/aromatic N) is 5. The molecule has 1 amide bonds. The molecular weight excluding hydrogens is 270 g/mol. The average Bonchev–Trinajstić information content (AvgIpc) is 2.91. The van der Waals surface area contributed by atoms with Crippen LogP contribution in [-0.4, -0.2) is 70.9 Å². The van der Waals surface area contributed by atoms with Gasteiger partial charge in [-0.3, -0.25) is 14.4 Å². The molecule has 3 heterocycles. The fourth-order valence-electron chi connectivity index (χ4n) is 2.86. The monoisotopic (exact) mass is 289 g/mol. The van der Waals surface area contributed by atoms with Crippen molar-refractivity contribution in [1.82, 2.24) is 19.6 Å². The summed E-state index contributed by atoms with van der Waals surface area (Å²) >= 11 is 0. The van der Waals surface area contributed by atoms with E-state index in [9.17, 15) is 4.79 Å². The molecule has 1 unspecified atom stereocenters. The summed E-state index contributed by atoms with van der Waals surface area (Å²) < 4.78 is 7.59. The van der Waals surface area contributed by atoms with Crippen LogP contribution in [0.1, 0.15) is 18.5 Å². The number of carbonyl (C=O) groups is 1. The van der Waals surface area contributed by atoms with Crippen molar-refractivity contribution in [3.05, 3.63) is 18.0 Å². The predicted octanol–water partition coefficient (Wildman–Crippen LogP) is -0.141. The highest BCUT2D eigenvalue weighted by Gasteiger charge is 2.32. The van der Waals surface area contributed by atoms with Gasteiger partial charge < -0.3 is 9.64 Å². The number of hydrogen-bond acceptors (Lipinski definition) is 5.